The molecule has 0 fully saturated rings. The van der Waals surface area contributed by atoms with Gasteiger partial charge in [0.05, 0.1) is 0 Å². The average molecular weight is 561 g/mol. The van der Waals surface area contributed by atoms with Crippen LogP contribution in [0.2, 0.25) is 0 Å². The van der Waals surface area contributed by atoms with Crippen LogP contribution in [0.25, 0.3) is 0 Å². The summed E-state index contributed by atoms with van der Waals surface area (Å²) in [6.07, 6.45) is 1.58. The molecule has 0 heterocycles. The Kier molecular flexibility index (Phi) is 13.3. The van der Waals surface area contributed by atoms with Gasteiger partial charge in [-0.2, -0.15) is 0 Å². The highest BCUT2D eigenvalue weighted by Crippen LogP contribution is 2.10. The number of alkyl halides is 1. The zero-order valence-electron chi connectivity index (χ0n) is 18.2. The summed E-state index contributed by atoms with van der Waals surface area (Å²) in [4.78, 5) is 46.8. The third kappa shape index (κ3) is 10.8. The molecule has 1 rings (SSSR count). The maximum Gasteiger partial charge on any atom is 0.320 e. The molecule has 0 aliphatic heterocycles. The first-order valence-corrected chi connectivity index (χ1v) is 12.0. The third-order valence-corrected chi connectivity index (χ3v) is 5.30. The highest BCUT2D eigenvalue weighted by molar-refractivity contribution is 14.1. The number of hydrogen-bond donors (Lipinski definition) is 6. The van der Waals surface area contributed by atoms with Gasteiger partial charge in [-0.05, 0) is 57.0 Å². The molecule has 0 radical (unpaired) electrons. The molecular formula is C21H32IN5O5. The number of halogens is 1. The van der Waals surface area contributed by atoms with Crippen LogP contribution < -0.4 is 27.0 Å². The Bertz CT molecular complexity index is 759. The van der Waals surface area contributed by atoms with Gasteiger partial charge >= 0.3 is 5.97 Å². The monoisotopic (exact) mass is 561 g/mol. The Hall–Kier alpha value is -2.41. The number of primary amides is 1. The fourth-order valence-corrected chi connectivity index (χ4v) is 3.20. The summed E-state index contributed by atoms with van der Waals surface area (Å²) >= 11 is 2.28. The van der Waals surface area contributed by atoms with E-state index in [1.165, 1.54) is 7.05 Å². The summed E-state index contributed by atoms with van der Waals surface area (Å²) in [5.41, 5.74) is 6.89. The van der Waals surface area contributed by atoms with Gasteiger partial charge in [-0.3, -0.25) is 19.2 Å². The number of nitrogens with one attached hydrogen (secondary N) is 4. The van der Waals surface area contributed by atoms with Gasteiger partial charge < -0.3 is 32.1 Å². The van der Waals surface area contributed by atoms with E-state index in [1.807, 2.05) is 12.1 Å². The van der Waals surface area contributed by atoms with E-state index in [0.717, 1.165) is 16.7 Å². The first-order valence-electron chi connectivity index (χ1n) is 10.4. The van der Waals surface area contributed by atoms with Crippen molar-refractivity contribution in [2.45, 2.75) is 44.2 Å². The lowest BCUT2D eigenvalue weighted by molar-refractivity contribution is -0.139. The van der Waals surface area contributed by atoms with Crippen molar-refractivity contribution in [3.8, 4) is 0 Å². The van der Waals surface area contributed by atoms with Crippen molar-refractivity contribution in [1.29, 1.82) is 0 Å². The molecule has 0 saturated heterocycles. The van der Waals surface area contributed by atoms with E-state index in [2.05, 4.69) is 43.9 Å². The van der Waals surface area contributed by atoms with E-state index in [0.29, 0.717) is 31.4 Å². The molecule has 0 aromatic heterocycles. The van der Waals surface area contributed by atoms with Crippen LogP contribution in [0.15, 0.2) is 24.3 Å². The Morgan fingerprint density at radius 3 is 2.28 bits per heavy atom. The molecule has 1 aromatic carbocycles. The fourth-order valence-electron chi connectivity index (χ4n) is 2.93. The second kappa shape index (κ2) is 15.4. The van der Waals surface area contributed by atoms with Gasteiger partial charge in [0.2, 0.25) is 11.8 Å². The molecule has 178 valence electrons. The number of aliphatic carboxylic acids is 1. The molecule has 3 amide bonds. The molecule has 7 N–H and O–H groups in total. The second-order valence-corrected chi connectivity index (χ2v) is 8.26. The molecule has 11 heteroatoms. The molecule has 0 unspecified atom stereocenters. The summed E-state index contributed by atoms with van der Waals surface area (Å²) in [5, 5.41) is 20.2. The van der Waals surface area contributed by atoms with Crippen molar-refractivity contribution in [3.63, 3.8) is 0 Å². The Morgan fingerprint density at radius 2 is 1.72 bits per heavy atom. The maximum absolute atomic E-state index is 12.2. The number of carbonyl (C=O) groups excluding carboxylic acids is 3. The van der Waals surface area contributed by atoms with Crippen LogP contribution in [-0.2, 0) is 14.4 Å². The predicted molar refractivity (Wildman–Crippen MR) is 131 cm³/mol. The van der Waals surface area contributed by atoms with Gasteiger partial charge in [-0.25, -0.2) is 0 Å². The first-order chi connectivity index (χ1) is 15.3. The number of hydrogen-bond acceptors (Lipinski definition) is 6. The number of amides is 3. The molecule has 0 saturated carbocycles. The number of nitrogens with two attached hydrogens (primary N) is 1. The van der Waals surface area contributed by atoms with Crippen LogP contribution in [0.1, 0.15) is 42.5 Å². The van der Waals surface area contributed by atoms with Crippen LogP contribution in [-0.4, -0.2) is 65.4 Å². The molecule has 0 spiro atoms. The summed E-state index contributed by atoms with van der Waals surface area (Å²) < 4.78 is 0.988. The van der Waals surface area contributed by atoms with Gasteiger partial charge in [0.1, 0.15) is 12.1 Å². The van der Waals surface area contributed by atoms with E-state index in [1.54, 1.807) is 12.1 Å². The lowest BCUT2D eigenvalue weighted by Gasteiger charge is -2.16. The summed E-state index contributed by atoms with van der Waals surface area (Å²) in [6, 6.07) is 5.56. The molecule has 1 aromatic rings. The number of benzene rings is 1. The van der Waals surface area contributed by atoms with Gasteiger partial charge in [0.15, 0.2) is 0 Å². The number of carbonyl (C=O) groups is 4. The summed E-state index contributed by atoms with van der Waals surface area (Å²) in [7, 11) is 1.50. The molecule has 2 atom stereocenters. The van der Waals surface area contributed by atoms with Crippen molar-refractivity contribution >= 4 is 52.0 Å². The van der Waals surface area contributed by atoms with E-state index < -0.39 is 29.9 Å². The van der Waals surface area contributed by atoms with Crippen molar-refractivity contribution in [1.82, 2.24) is 16.0 Å². The number of anilines is 1. The fraction of sp³-hybridized carbons (Fsp3) is 0.524. The summed E-state index contributed by atoms with van der Waals surface area (Å²) in [6.45, 7) is 1.28. The number of carboxylic acids is 1. The molecular weight excluding hydrogens is 529 g/mol. The minimum Gasteiger partial charge on any atom is -0.480 e. The van der Waals surface area contributed by atoms with Crippen molar-refractivity contribution in [2.75, 3.05) is 29.9 Å². The van der Waals surface area contributed by atoms with Crippen LogP contribution in [0.3, 0.4) is 0 Å². The lowest BCUT2D eigenvalue weighted by Crippen LogP contribution is -2.45. The molecule has 0 bridgehead atoms. The van der Waals surface area contributed by atoms with Crippen LogP contribution in [0, 0.1) is 0 Å². The molecule has 10 nitrogen and oxygen atoms in total. The molecule has 32 heavy (non-hydrogen) atoms. The van der Waals surface area contributed by atoms with Crippen molar-refractivity contribution in [2.24, 2.45) is 5.73 Å². The Balaban J connectivity index is 2.33. The Morgan fingerprint density at radius 1 is 1.03 bits per heavy atom. The zero-order valence-corrected chi connectivity index (χ0v) is 20.3. The van der Waals surface area contributed by atoms with E-state index in [-0.39, 0.29) is 18.7 Å². The number of carboxylic acid groups (broad SMARTS) is 1. The third-order valence-electron chi connectivity index (χ3n) is 4.76. The molecule has 0 aliphatic carbocycles. The van der Waals surface area contributed by atoms with Crippen LogP contribution >= 0.6 is 22.6 Å². The number of likely N-dealkylation sites (N-methyl/N-ethyl adjacent to an activating group) is 1. The van der Waals surface area contributed by atoms with Crippen molar-refractivity contribution < 1.29 is 24.3 Å². The van der Waals surface area contributed by atoms with Gasteiger partial charge in [-0.1, -0.05) is 22.6 Å². The van der Waals surface area contributed by atoms with E-state index in [4.69, 9.17) is 10.8 Å². The SMILES string of the molecule is CN[C@@H](CCC(=O)N[C@@H](CCCCNC(=O)c1ccc(NCCI)cc1)C(N)=O)C(=O)O. The Labute approximate surface area is 201 Å². The second-order valence-electron chi connectivity index (χ2n) is 7.19. The minimum atomic E-state index is -1.04. The summed E-state index contributed by atoms with van der Waals surface area (Å²) in [5.74, 6) is -2.30. The quantitative estimate of drug-likeness (QED) is 0.0991. The normalized spacial score (nSPS) is 12.4. The maximum atomic E-state index is 12.2. The topological polar surface area (TPSA) is 163 Å². The van der Waals surface area contributed by atoms with Crippen molar-refractivity contribution in [3.05, 3.63) is 29.8 Å². The standard InChI is InChI=1S/C21H32IN5O5/c1-24-17(21(31)32)9-10-18(28)27-16(19(23)29)4-2-3-12-26-20(30)14-5-7-15(8-6-14)25-13-11-22/h5-8,16-17,24-25H,2-4,9-13H2,1H3,(H2,23,29)(H,26,30)(H,27,28)(H,31,32)/t16-,17-/m0/s1. The highest BCUT2D eigenvalue weighted by atomic mass is 127. The largest absolute Gasteiger partial charge is 0.480 e. The van der Waals surface area contributed by atoms with Gasteiger partial charge in [-0.15, -0.1) is 0 Å². The van der Waals surface area contributed by atoms with E-state index >= 15 is 0 Å². The van der Waals surface area contributed by atoms with Crippen LogP contribution in [0.5, 0.6) is 0 Å². The van der Waals surface area contributed by atoms with E-state index in [9.17, 15) is 19.2 Å². The highest BCUT2D eigenvalue weighted by Gasteiger charge is 2.20. The first kappa shape index (κ1) is 27.6. The number of rotatable bonds is 16. The van der Waals surface area contributed by atoms with Gasteiger partial charge in [0.25, 0.3) is 5.91 Å². The van der Waals surface area contributed by atoms with Crippen LogP contribution in [0.4, 0.5) is 5.69 Å². The van der Waals surface area contributed by atoms with Gasteiger partial charge in [0, 0.05) is 35.2 Å². The zero-order chi connectivity index (χ0) is 23.9. The average Bonchev–Trinajstić information content (AvgIpc) is 2.76. The number of unbranched alkanes of at least 4 members (excludes halogenated alkanes) is 1. The molecule has 0 aliphatic rings. The lowest BCUT2D eigenvalue weighted by atomic mass is 10.1. The minimum absolute atomic E-state index is 0.0377. The smallest absolute Gasteiger partial charge is 0.320 e. The predicted octanol–water partition coefficient (Wildman–Crippen LogP) is 0.857.